The summed E-state index contributed by atoms with van der Waals surface area (Å²) in [5.41, 5.74) is 0. The Morgan fingerprint density at radius 2 is 0.895 bits per heavy atom. The summed E-state index contributed by atoms with van der Waals surface area (Å²) in [6.07, 6.45) is 60.6. The molecule has 1 heterocycles. The van der Waals surface area contributed by atoms with Crippen LogP contribution in [0.5, 0.6) is 0 Å². The van der Waals surface area contributed by atoms with E-state index in [9.17, 15) is 35.1 Å². The zero-order chi connectivity index (χ0) is 55.2. The molecule has 1 amide bonds. The first kappa shape index (κ1) is 71.4. The van der Waals surface area contributed by atoms with Crippen LogP contribution >= 0.6 is 0 Å². The molecule has 0 aromatic rings. The fraction of sp³-hybridized carbons (Fsp3) is 0.815. The van der Waals surface area contributed by atoms with Gasteiger partial charge in [-0.2, -0.15) is 0 Å². The van der Waals surface area contributed by atoms with E-state index in [4.69, 9.17) is 14.2 Å². The third-order valence-corrected chi connectivity index (χ3v) is 14.6. The largest absolute Gasteiger partial charge is 0.466 e. The minimum atomic E-state index is -1.58. The predicted molar refractivity (Wildman–Crippen MR) is 315 cm³/mol. The summed E-state index contributed by atoms with van der Waals surface area (Å²) >= 11 is 0. The van der Waals surface area contributed by atoms with Gasteiger partial charge in [-0.3, -0.25) is 9.59 Å². The van der Waals surface area contributed by atoms with Gasteiger partial charge in [-0.05, 0) is 103 Å². The SMILES string of the molecule is CCCCC/C=C\CCCCCCCC(=O)OCCCCCCCCCCC/C=C\C/C=C\CCCCCCCCCCCCCC(=O)NC(COC1OC(CO)C(O)C(O)C1O)C(O)/C=C/CC/C=C/CCCCC. The highest BCUT2D eigenvalue weighted by atomic mass is 16.7. The summed E-state index contributed by atoms with van der Waals surface area (Å²) in [7, 11) is 0. The molecule has 1 aliphatic rings. The van der Waals surface area contributed by atoms with E-state index in [1.807, 2.05) is 6.08 Å². The maximum atomic E-state index is 13.0. The molecule has 0 saturated carbocycles. The first-order valence-electron chi connectivity index (χ1n) is 31.6. The van der Waals surface area contributed by atoms with Gasteiger partial charge in [0, 0.05) is 12.8 Å². The summed E-state index contributed by atoms with van der Waals surface area (Å²) in [6, 6.07) is -0.829. The lowest BCUT2D eigenvalue weighted by Crippen LogP contribution is -2.60. The van der Waals surface area contributed by atoms with Gasteiger partial charge in [-0.25, -0.2) is 0 Å². The smallest absolute Gasteiger partial charge is 0.305 e. The van der Waals surface area contributed by atoms with Crippen LogP contribution in [0.4, 0.5) is 0 Å². The maximum Gasteiger partial charge on any atom is 0.305 e. The zero-order valence-electron chi connectivity index (χ0n) is 48.7. The quantitative estimate of drug-likeness (QED) is 0.0195. The summed E-state index contributed by atoms with van der Waals surface area (Å²) < 4.78 is 16.6. The standard InChI is InChI=1S/C65H117NO10/c1-3-5-7-9-11-13-14-33-37-41-45-49-53-61(70)74-54-50-46-42-38-34-31-29-27-25-23-21-19-17-15-16-18-20-22-24-26-28-30-32-36-40-44-48-52-60(69)66-57(58(68)51-47-43-39-35-12-10-8-6-4-2)56-75-65-64(73)63(72)62(71)59(55-67)76-65/h11-13,15-16,19,21,35,47,51,57-59,62-65,67-68,71-73H,3-10,14,17-18,20,22-34,36-46,48-50,52-56H2,1-2H3,(H,66,69)/b13-11-,16-15-,21-19-,35-12+,51-47+. The summed E-state index contributed by atoms with van der Waals surface area (Å²) in [6.45, 7) is 4.24. The molecular weight excluding hydrogens is 955 g/mol. The van der Waals surface area contributed by atoms with Gasteiger partial charge in [0.25, 0.3) is 0 Å². The van der Waals surface area contributed by atoms with E-state index in [0.29, 0.717) is 19.4 Å². The van der Waals surface area contributed by atoms with Gasteiger partial charge in [0.15, 0.2) is 6.29 Å². The van der Waals surface area contributed by atoms with E-state index >= 15 is 0 Å². The Kier molecular flexibility index (Phi) is 51.0. The van der Waals surface area contributed by atoms with Crippen LogP contribution in [0, 0.1) is 0 Å². The molecule has 0 spiro atoms. The number of carbonyl (C=O) groups is 2. The lowest BCUT2D eigenvalue weighted by molar-refractivity contribution is -0.302. The molecule has 442 valence electrons. The Morgan fingerprint density at radius 3 is 1.38 bits per heavy atom. The highest BCUT2D eigenvalue weighted by Crippen LogP contribution is 2.23. The molecule has 11 heteroatoms. The molecule has 7 unspecified atom stereocenters. The third-order valence-electron chi connectivity index (χ3n) is 14.6. The van der Waals surface area contributed by atoms with E-state index in [-0.39, 0.29) is 18.5 Å². The van der Waals surface area contributed by atoms with Crippen molar-refractivity contribution in [2.45, 2.75) is 320 Å². The topological polar surface area (TPSA) is 175 Å². The number of aliphatic hydroxyl groups is 5. The molecule has 76 heavy (non-hydrogen) atoms. The first-order chi connectivity index (χ1) is 37.2. The van der Waals surface area contributed by atoms with Crippen LogP contribution in [0.1, 0.15) is 277 Å². The van der Waals surface area contributed by atoms with E-state index in [1.54, 1.807) is 6.08 Å². The molecule has 7 atom stereocenters. The number of hydrogen-bond acceptors (Lipinski definition) is 10. The molecule has 1 aliphatic heterocycles. The summed E-state index contributed by atoms with van der Waals surface area (Å²) in [5.74, 6) is -0.208. The van der Waals surface area contributed by atoms with Crippen LogP contribution in [-0.4, -0.2) is 100 Å². The van der Waals surface area contributed by atoms with Crippen molar-refractivity contribution in [1.29, 1.82) is 0 Å². The van der Waals surface area contributed by atoms with Crippen molar-refractivity contribution in [3.63, 3.8) is 0 Å². The second-order valence-corrected chi connectivity index (χ2v) is 21.7. The fourth-order valence-corrected chi connectivity index (χ4v) is 9.53. The van der Waals surface area contributed by atoms with Gasteiger partial charge >= 0.3 is 5.97 Å². The van der Waals surface area contributed by atoms with Crippen LogP contribution in [-0.2, 0) is 23.8 Å². The van der Waals surface area contributed by atoms with Gasteiger partial charge in [0.2, 0.25) is 5.91 Å². The van der Waals surface area contributed by atoms with Gasteiger partial charge in [0.05, 0.1) is 32.0 Å². The molecule has 11 nitrogen and oxygen atoms in total. The minimum Gasteiger partial charge on any atom is -0.466 e. The van der Waals surface area contributed by atoms with Crippen molar-refractivity contribution < 1.29 is 49.3 Å². The maximum absolute atomic E-state index is 13.0. The van der Waals surface area contributed by atoms with Crippen molar-refractivity contribution in [3.8, 4) is 0 Å². The molecule has 0 radical (unpaired) electrons. The third kappa shape index (κ3) is 43.3. The molecule has 1 rings (SSSR count). The normalized spacial score (nSPS) is 19.1. The van der Waals surface area contributed by atoms with Crippen LogP contribution < -0.4 is 5.32 Å². The van der Waals surface area contributed by atoms with Crippen LogP contribution in [0.3, 0.4) is 0 Å². The van der Waals surface area contributed by atoms with Crippen molar-refractivity contribution in [1.82, 2.24) is 5.32 Å². The van der Waals surface area contributed by atoms with Crippen molar-refractivity contribution >= 4 is 11.9 Å². The van der Waals surface area contributed by atoms with Crippen LogP contribution in [0.15, 0.2) is 60.8 Å². The van der Waals surface area contributed by atoms with Gasteiger partial charge in [0.1, 0.15) is 24.4 Å². The molecule has 0 aromatic carbocycles. The summed E-state index contributed by atoms with van der Waals surface area (Å²) in [5, 5.41) is 54.2. The second-order valence-electron chi connectivity index (χ2n) is 21.7. The molecule has 0 aromatic heterocycles. The average Bonchev–Trinajstić information content (AvgIpc) is 3.42. The van der Waals surface area contributed by atoms with Crippen molar-refractivity contribution in [2.24, 2.45) is 0 Å². The van der Waals surface area contributed by atoms with Gasteiger partial charge in [-0.1, -0.05) is 222 Å². The van der Waals surface area contributed by atoms with E-state index in [2.05, 4.69) is 67.8 Å². The van der Waals surface area contributed by atoms with Crippen molar-refractivity contribution in [2.75, 3.05) is 19.8 Å². The highest BCUT2D eigenvalue weighted by molar-refractivity contribution is 5.76. The Bertz CT molecular complexity index is 1450. The number of ether oxygens (including phenoxy) is 3. The Hall–Kier alpha value is -2.64. The number of allylic oxidation sites excluding steroid dienone is 9. The lowest BCUT2D eigenvalue weighted by atomic mass is 9.99. The minimum absolute atomic E-state index is 0.0101. The number of rotatable bonds is 54. The summed E-state index contributed by atoms with van der Waals surface area (Å²) in [4.78, 5) is 25.0. The molecule has 0 aliphatic carbocycles. The predicted octanol–water partition coefficient (Wildman–Crippen LogP) is 15.0. The van der Waals surface area contributed by atoms with E-state index in [0.717, 1.165) is 77.0 Å². The average molecular weight is 1070 g/mol. The van der Waals surface area contributed by atoms with E-state index in [1.165, 1.54) is 173 Å². The number of hydrogen-bond donors (Lipinski definition) is 6. The van der Waals surface area contributed by atoms with Gasteiger partial charge < -0.3 is 45.1 Å². The second kappa shape index (κ2) is 54.3. The number of carbonyl (C=O) groups excluding carboxylic acids is 2. The number of aliphatic hydroxyl groups excluding tert-OH is 5. The van der Waals surface area contributed by atoms with Gasteiger partial charge in [-0.15, -0.1) is 0 Å². The molecule has 0 bridgehead atoms. The molecule has 1 fully saturated rings. The van der Waals surface area contributed by atoms with Crippen LogP contribution in [0.2, 0.25) is 0 Å². The Balaban J connectivity index is 1.99. The number of unbranched alkanes of at least 4 members (excludes halogenated alkanes) is 32. The van der Waals surface area contributed by atoms with E-state index < -0.39 is 49.5 Å². The first-order valence-corrected chi connectivity index (χ1v) is 31.6. The number of amides is 1. The zero-order valence-corrected chi connectivity index (χ0v) is 48.7. The Morgan fingerprint density at radius 1 is 0.487 bits per heavy atom. The molecular formula is C65H117NO10. The van der Waals surface area contributed by atoms with Crippen LogP contribution in [0.25, 0.3) is 0 Å². The number of nitrogens with one attached hydrogen (secondary N) is 1. The fourth-order valence-electron chi connectivity index (χ4n) is 9.53. The lowest BCUT2D eigenvalue weighted by Gasteiger charge is -2.40. The number of esters is 1. The van der Waals surface area contributed by atoms with Crippen molar-refractivity contribution in [3.05, 3.63) is 60.8 Å². The monoisotopic (exact) mass is 1070 g/mol. The molecule has 1 saturated heterocycles. The molecule has 6 N–H and O–H groups in total. The highest BCUT2D eigenvalue weighted by Gasteiger charge is 2.44. The Labute approximate surface area is 465 Å².